The minimum atomic E-state index is 0.782. The van der Waals surface area contributed by atoms with Gasteiger partial charge < -0.3 is 10.6 Å². The van der Waals surface area contributed by atoms with Gasteiger partial charge in [0, 0.05) is 31.7 Å². The molecule has 82 valence electrons. The first-order chi connectivity index (χ1) is 6.81. The van der Waals surface area contributed by atoms with Crippen LogP contribution in [-0.2, 0) is 0 Å². The van der Waals surface area contributed by atoms with Gasteiger partial charge in [0.2, 0.25) is 0 Å². The molecule has 0 aromatic rings. The van der Waals surface area contributed by atoms with Crippen molar-refractivity contribution >= 4 is 0 Å². The maximum atomic E-state index is 5.68. The Balaban J connectivity index is 1.88. The van der Waals surface area contributed by atoms with E-state index in [1.54, 1.807) is 0 Å². The summed E-state index contributed by atoms with van der Waals surface area (Å²) in [5, 5.41) is 0. The molecular weight excluding hydrogens is 174 g/mol. The SMILES string of the molecule is CN1CCC[C@@H](N(CCN)C2CC2)C1. The Morgan fingerprint density at radius 1 is 1.29 bits per heavy atom. The molecule has 0 spiro atoms. The Morgan fingerprint density at radius 3 is 2.64 bits per heavy atom. The lowest BCUT2D eigenvalue weighted by Gasteiger charge is -2.38. The van der Waals surface area contributed by atoms with Crippen molar-refractivity contribution in [2.45, 2.75) is 37.8 Å². The monoisotopic (exact) mass is 197 g/mol. The van der Waals surface area contributed by atoms with Crippen LogP contribution in [0.1, 0.15) is 25.7 Å². The molecular formula is C11H23N3. The summed E-state index contributed by atoms with van der Waals surface area (Å²) in [5.41, 5.74) is 5.68. The van der Waals surface area contributed by atoms with Crippen molar-refractivity contribution in [2.75, 3.05) is 33.2 Å². The standard InChI is InChI=1S/C11H23N3/c1-13-7-2-3-11(9-13)14(8-6-12)10-4-5-10/h10-11H,2-9,12H2,1H3/t11-/m1/s1. The fourth-order valence-electron chi connectivity index (χ4n) is 2.63. The van der Waals surface area contributed by atoms with E-state index in [1.807, 2.05) is 0 Å². The summed E-state index contributed by atoms with van der Waals surface area (Å²) in [4.78, 5) is 5.12. The molecule has 0 aromatic heterocycles. The average molecular weight is 197 g/mol. The molecule has 1 heterocycles. The van der Waals surface area contributed by atoms with E-state index in [4.69, 9.17) is 5.73 Å². The molecule has 1 saturated heterocycles. The van der Waals surface area contributed by atoms with E-state index in [1.165, 1.54) is 38.8 Å². The van der Waals surface area contributed by atoms with Crippen molar-refractivity contribution in [3.8, 4) is 0 Å². The second-order valence-electron chi connectivity index (χ2n) is 4.82. The van der Waals surface area contributed by atoms with Gasteiger partial charge in [-0.05, 0) is 39.3 Å². The molecule has 1 aliphatic heterocycles. The number of nitrogens with two attached hydrogens (primary N) is 1. The van der Waals surface area contributed by atoms with Crippen LogP contribution in [0.25, 0.3) is 0 Å². The Morgan fingerprint density at radius 2 is 2.07 bits per heavy atom. The summed E-state index contributed by atoms with van der Waals surface area (Å²) in [6, 6.07) is 1.65. The van der Waals surface area contributed by atoms with Crippen molar-refractivity contribution in [2.24, 2.45) is 5.73 Å². The third-order valence-corrected chi connectivity index (χ3v) is 3.47. The van der Waals surface area contributed by atoms with Crippen LogP contribution < -0.4 is 5.73 Å². The first kappa shape index (κ1) is 10.4. The predicted octanol–water partition coefficient (Wildman–Crippen LogP) is 0.504. The van der Waals surface area contributed by atoms with Gasteiger partial charge in [-0.2, -0.15) is 0 Å². The zero-order valence-electron chi connectivity index (χ0n) is 9.28. The van der Waals surface area contributed by atoms with E-state index in [9.17, 15) is 0 Å². The molecule has 0 radical (unpaired) electrons. The maximum absolute atomic E-state index is 5.68. The van der Waals surface area contributed by atoms with E-state index >= 15 is 0 Å². The fraction of sp³-hybridized carbons (Fsp3) is 1.00. The van der Waals surface area contributed by atoms with Crippen molar-refractivity contribution in [1.29, 1.82) is 0 Å². The summed E-state index contributed by atoms with van der Waals surface area (Å²) in [7, 11) is 2.24. The summed E-state index contributed by atoms with van der Waals surface area (Å²) >= 11 is 0. The number of hydrogen-bond donors (Lipinski definition) is 1. The zero-order chi connectivity index (χ0) is 9.97. The Labute approximate surface area is 87.2 Å². The molecule has 0 unspecified atom stereocenters. The Hall–Kier alpha value is -0.120. The average Bonchev–Trinajstić information content (AvgIpc) is 2.97. The van der Waals surface area contributed by atoms with Crippen molar-refractivity contribution in [3.63, 3.8) is 0 Å². The fourth-order valence-corrected chi connectivity index (χ4v) is 2.63. The molecule has 2 aliphatic rings. The van der Waals surface area contributed by atoms with Gasteiger partial charge >= 0.3 is 0 Å². The second kappa shape index (κ2) is 4.60. The van der Waals surface area contributed by atoms with Crippen LogP contribution in [0.4, 0.5) is 0 Å². The summed E-state index contributed by atoms with van der Waals surface area (Å²) in [6.07, 6.45) is 5.54. The minimum Gasteiger partial charge on any atom is -0.329 e. The number of rotatable bonds is 4. The van der Waals surface area contributed by atoms with Crippen molar-refractivity contribution in [1.82, 2.24) is 9.80 Å². The van der Waals surface area contributed by atoms with E-state index < -0.39 is 0 Å². The lowest BCUT2D eigenvalue weighted by Crippen LogP contribution is -2.49. The highest BCUT2D eigenvalue weighted by atomic mass is 15.3. The molecule has 14 heavy (non-hydrogen) atoms. The summed E-state index contributed by atoms with van der Waals surface area (Å²) in [6.45, 7) is 4.44. The lowest BCUT2D eigenvalue weighted by molar-refractivity contribution is 0.108. The molecule has 1 aliphatic carbocycles. The number of likely N-dealkylation sites (tertiary alicyclic amines) is 1. The number of piperidine rings is 1. The van der Waals surface area contributed by atoms with Crippen LogP contribution in [0, 0.1) is 0 Å². The van der Waals surface area contributed by atoms with Crippen LogP contribution in [0.15, 0.2) is 0 Å². The molecule has 3 heteroatoms. The molecule has 0 bridgehead atoms. The molecule has 2 rings (SSSR count). The van der Waals surface area contributed by atoms with Gasteiger partial charge in [-0.3, -0.25) is 4.90 Å². The van der Waals surface area contributed by atoms with Crippen LogP contribution in [0.3, 0.4) is 0 Å². The lowest BCUT2D eigenvalue weighted by atomic mass is 10.0. The Kier molecular flexibility index (Phi) is 3.42. The van der Waals surface area contributed by atoms with E-state index in [0.717, 1.165) is 25.2 Å². The van der Waals surface area contributed by atoms with Gasteiger partial charge in [-0.15, -0.1) is 0 Å². The predicted molar refractivity (Wildman–Crippen MR) is 59.3 cm³/mol. The maximum Gasteiger partial charge on any atom is 0.0226 e. The van der Waals surface area contributed by atoms with Crippen LogP contribution >= 0.6 is 0 Å². The third kappa shape index (κ3) is 2.47. The van der Waals surface area contributed by atoms with Gasteiger partial charge in [0.15, 0.2) is 0 Å². The van der Waals surface area contributed by atoms with Crippen molar-refractivity contribution < 1.29 is 0 Å². The van der Waals surface area contributed by atoms with E-state index in [2.05, 4.69) is 16.8 Å². The Bertz CT molecular complexity index is 179. The van der Waals surface area contributed by atoms with E-state index in [0.29, 0.717) is 0 Å². The third-order valence-electron chi connectivity index (χ3n) is 3.47. The minimum absolute atomic E-state index is 0.782. The zero-order valence-corrected chi connectivity index (χ0v) is 9.28. The molecule has 1 atom stereocenters. The van der Waals surface area contributed by atoms with Crippen LogP contribution in [-0.4, -0.2) is 55.1 Å². The summed E-state index contributed by atoms with van der Waals surface area (Å²) in [5.74, 6) is 0. The first-order valence-electron chi connectivity index (χ1n) is 5.95. The second-order valence-corrected chi connectivity index (χ2v) is 4.82. The van der Waals surface area contributed by atoms with Crippen LogP contribution in [0.5, 0.6) is 0 Å². The summed E-state index contributed by atoms with van der Waals surface area (Å²) < 4.78 is 0. The highest BCUT2D eigenvalue weighted by molar-refractivity contribution is 4.91. The molecule has 0 amide bonds. The smallest absolute Gasteiger partial charge is 0.0226 e. The molecule has 1 saturated carbocycles. The number of hydrogen-bond acceptors (Lipinski definition) is 3. The van der Waals surface area contributed by atoms with Gasteiger partial charge in [-0.1, -0.05) is 0 Å². The first-order valence-corrected chi connectivity index (χ1v) is 5.95. The topological polar surface area (TPSA) is 32.5 Å². The number of nitrogens with zero attached hydrogens (tertiary/aromatic N) is 2. The van der Waals surface area contributed by atoms with Gasteiger partial charge in [0.05, 0.1) is 0 Å². The normalized spacial score (nSPS) is 29.8. The molecule has 2 fully saturated rings. The molecule has 2 N–H and O–H groups in total. The molecule has 0 aromatic carbocycles. The molecule has 3 nitrogen and oxygen atoms in total. The van der Waals surface area contributed by atoms with Crippen molar-refractivity contribution in [3.05, 3.63) is 0 Å². The quantitative estimate of drug-likeness (QED) is 0.712. The van der Waals surface area contributed by atoms with Gasteiger partial charge in [0.25, 0.3) is 0 Å². The largest absolute Gasteiger partial charge is 0.329 e. The van der Waals surface area contributed by atoms with Gasteiger partial charge in [0.1, 0.15) is 0 Å². The van der Waals surface area contributed by atoms with E-state index in [-0.39, 0.29) is 0 Å². The highest BCUT2D eigenvalue weighted by Gasteiger charge is 2.34. The number of likely N-dealkylation sites (N-methyl/N-ethyl adjacent to an activating group) is 1. The van der Waals surface area contributed by atoms with Gasteiger partial charge in [-0.25, -0.2) is 0 Å². The van der Waals surface area contributed by atoms with Crippen LogP contribution in [0.2, 0.25) is 0 Å². The highest BCUT2D eigenvalue weighted by Crippen LogP contribution is 2.30.